The molecule has 1 atom stereocenters. The number of aliphatic hydroxyl groups excluding tert-OH is 1. The van der Waals surface area contributed by atoms with Crippen LogP contribution in [0.25, 0.3) is 0 Å². The van der Waals surface area contributed by atoms with Gasteiger partial charge in [-0.3, -0.25) is 4.68 Å². The molecule has 0 saturated heterocycles. The standard InChI is InChI=1S/C13H25N3O/c1-9(2)13(17)6-7-14-8-12-10(3)15-16(5)11(12)4/h9,13-14,17H,6-8H2,1-5H3. The largest absolute Gasteiger partial charge is 0.393 e. The second-order valence-corrected chi connectivity index (χ2v) is 5.05. The van der Waals surface area contributed by atoms with E-state index in [1.807, 2.05) is 32.5 Å². The first-order chi connectivity index (χ1) is 7.93. The molecule has 4 heteroatoms. The van der Waals surface area contributed by atoms with E-state index in [0.717, 1.165) is 25.2 Å². The van der Waals surface area contributed by atoms with Gasteiger partial charge in [-0.2, -0.15) is 5.10 Å². The summed E-state index contributed by atoms with van der Waals surface area (Å²) < 4.78 is 1.91. The average molecular weight is 239 g/mol. The highest BCUT2D eigenvalue weighted by atomic mass is 16.3. The molecule has 17 heavy (non-hydrogen) atoms. The number of aromatic nitrogens is 2. The summed E-state index contributed by atoms with van der Waals surface area (Å²) in [6, 6.07) is 0. The maximum absolute atomic E-state index is 9.68. The minimum atomic E-state index is -0.210. The van der Waals surface area contributed by atoms with Crippen molar-refractivity contribution in [2.75, 3.05) is 6.54 Å². The fraction of sp³-hybridized carbons (Fsp3) is 0.769. The number of hydrogen-bond donors (Lipinski definition) is 2. The van der Waals surface area contributed by atoms with E-state index in [9.17, 15) is 5.11 Å². The number of aryl methyl sites for hydroxylation is 2. The zero-order valence-corrected chi connectivity index (χ0v) is 11.6. The van der Waals surface area contributed by atoms with Crippen LogP contribution in [0, 0.1) is 19.8 Å². The van der Waals surface area contributed by atoms with E-state index in [4.69, 9.17) is 0 Å². The first kappa shape index (κ1) is 14.2. The third kappa shape index (κ3) is 3.82. The van der Waals surface area contributed by atoms with E-state index in [0.29, 0.717) is 5.92 Å². The molecule has 0 bridgehead atoms. The van der Waals surface area contributed by atoms with Gasteiger partial charge in [-0.05, 0) is 32.7 Å². The second kappa shape index (κ2) is 6.17. The molecule has 0 amide bonds. The van der Waals surface area contributed by atoms with Crippen LogP contribution in [0.15, 0.2) is 0 Å². The molecule has 0 spiro atoms. The molecule has 4 nitrogen and oxygen atoms in total. The highest BCUT2D eigenvalue weighted by molar-refractivity contribution is 5.23. The minimum Gasteiger partial charge on any atom is -0.393 e. The van der Waals surface area contributed by atoms with Crippen LogP contribution in [0.4, 0.5) is 0 Å². The van der Waals surface area contributed by atoms with Crippen molar-refractivity contribution in [1.82, 2.24) is 15.1 Å². The first-order valence-corrected chi connectivity index (χ1v) is 6.31. The normalized spacial score (nSPS) is 13.4. The zero-order chi connectivity index (χ0) is 13.0. The van der Waals surface area contributed by atoms with Crippen LogP contribution in [0.1, 0.15) is 37.2 Å². The Labute approximate surface area is 104 Å². The van der Waals surface area contributed by atoms with Crippen LogP contribution >= 0.6 is 0 Å². The van der Waals surface area contributed by atoms with Gasteiger partial charge in [0, 0.05) is 24.8 Å². The molecule has 0 aromatic carbocycles. The smallest absolute Gasteiger partial charge is 0.0641 e. The highest BCUT2D eigenvalue weighted by Gasteiger charge is 2.10. The Hall–Kier alpha value is -0.870. The molecule has 98 valence electrons. The van der Waals surface area contributed by atoms with E-state index < -0.39 is 0 Å². The summed E-state index contributed by atoms with van der Waals surface area (Å²) in [5.74, 6) is 0.332. The number of aliphatic hydroxyl groups is 1. The number of hydrogen-bond acceptors (Lipinski definition) is 3. The predicted octanol–water partition coefficient (Wildman–Crippen LogP) is 1.53. The van der Waals surface area contributed by atoms with E-state index in [1.54, 1.807) is 0 Å². The van der Waals surface area contributed by atoms with Gasteiger partial charge in [-0.1, -0.05) is 13.8 Å². The van der Waals surface area contributed by atoms with E-state index in [2.05, 4.69) is 17.3 Å². The van der Waals surface area contributed by atoms with Crippen LogP contribution in [-0.2, 0) is 13.6 Å². The molecule has 0 aliphatic heterocycles. The molecule has 0 aliphatic rings. The molecule has 0 fully saturated rings. The van der Waals surface area contributed by atoms with Crippen molar-refractivity contribution in [3.63, 3.8) is 0 Å². The molecule has 1 heterocycles. The summed E-state index contributed by atoms with van der Waals surface area (Å²) in [4.78, 5) is 0. The topological polar surface area (TPSA) is 50.1 Å². The monoisotopic (exact) mass is 239 g/mol. The highest BCUT2D eigenvalue weighted by Crippen LogP contribution is 2.11. The summed E-state index contributed by atoms with van der Waals surface area (Å²) in [5, 5.41) is 17.4. The Morgan fingerprint density at radius 2 is 2.00 bits per heavy atom. The summed E-state index contributed by atoms with van der Waals surface area (Å²) in [6.45, 7) is 9.87. The van der Waals surface area contributed by atoms with Crippen LogP contribution in [0.5, 0.6) is 0 Å². The van der Waals surface area contributed by atoms with E-state index in [1.165, 1.54) is 11.3 Å². The lowest BCUT2D eigenvalue weighted by Crippen LogP contribution is -2.23. The molecular formula is C13H25N3O. The van der Waals surface area contributed by atoms with Crippen molar-refractivity contribution in [3.05, 3.63) is 17.0 Å². The Morgan fingerprint density at radius 1 is 1.35 bits per heavy atom. The Balaban J connectivity index is 2.36. The van der Waals surface area contributed by atoms with Crippen LogP contribution in [0.3, 0.4) is 0 Å². The van der Waals surface area contributed by atoms with Crippen molar-refractivity contribution in [2.24, 2.45) is 13.0 Å². The average Bonchev–Trinajstić information content (AvgIpc) is 2.49. The fourth-order valence-corrected chi connectivity index (χ4v) is 1.87. The van der Waals surface area contributed by atoms with Gasteiger partial charge in [-0.25, -0.2) is 0 Å². The van der Waals surface area contributed by atoms with Gasteiger partial charge in [0.05, 0.1) is 11.8 Å². The maximum Gasteiger partial charge on any atom is 0.0641 e. The number of nitrogens with one attached hydrogen (secondary N) is 1. The molecule has 1 unspecified atom stereocenters. The molecule has 1 aromatic rings. The van der Waals surface area contributed by atoms with Gasteiger partial charge < -0.3 is 10.4 Å². The van der Waals surface area contributed by atoms with Crippen molar-refractivity contribution >= 4 is 0 Å². The van der Waals surface area contributed by atoms with Crippen molar-refractivity contribution in [2.45, 2.75) is 46.8 Å². The summed E-state index contributed by atoms with van der Waals surface area (Å²) in [6.07, 6.45) is 0.592. The lowest BCUT2D eigenvalue weighted by Gasteiger charge is -2.14. The molecule has 1 aromatic heterocycles. The van der Waals surface area contributed by atoms with E-state index >= 15 is 0 Å². The van der Waals surface area contributed by atoms with Crippen molar-refractivity contribution < 1.29 is 5.11 Å². The Morgan fingerprint density at radius 3 is 2.47 bits per heavy atom. The Bertz CT molecular complexity index is 358. The summed E-state index contributed by atoms with van der Waals surface area (Å²) in [5.41, 5.74) is 3.56. The number of rotatable bonds is 6. The summed E-state index contributed by atoms with van der Waals surface area (Å²) >= 11 is 0. The van der Waals surface area contributed by atoms with Crippen molar-refractivity contribution in [3.8, 4) is 0 Å². The third-order valence-electron chi connectivity index (χ3n) is 3.35. The predicted molar refractivity (Wildman–Crippen MR) is 69.9 cm³/mol. The van der Waals surface area contributed by atoms with E-state index in [-0.39, 0.29) is 6.10 Å². The van der Waals surface area contributed by atoms with Gasteiger partial charge in [0.25, 0.3) is 0 Å². The van der Waals surface area contributed by atoms with Crippen LogP contribution < -0.4 is 5.32 Å². The SMILES string of the molecule is Cc1nn(C)c(C)c1CNCCC(O)C(C)C. The third-order valence-corrected chi connectivity index (χ3v) is 3.35. The fourth-order valence-electron chi connectivity index (χ4n) is 1.87. The summed E-state index contributed by atoms with van der Waals surface area (Å²) in [7, 11) is 1.97. The molecule has 2 N–H and O–H groups in total. The minimum absolute atomic E-state index is 0.210. The molecule has 0 radical (unpaired) electrons. The zero-order valence-electron chi connectivity index (χ0n) is 11.6. The van der Waals surface area contributed by atoms with Crippen LogP contribution in [-0.4, -0.2) is 27.5 Å². The Kier molecular flexibility index (Phi) is 5.15. The van der Waals surface area contributed by atoms with Crippen LogP contribution in [0.2, 0.25) is 0 Å². The van der Waals surface area contributed by atoms with Gasteiger partial charge in [0.2, 0.25) is 0 Å². The lowest BCUT2D eigenvalue weighted by atomic mass is 10.0. The molecule has 0 aliphatic carbocycles. The van der Waals surface area contributed by atoms with Gasteiger partial charge in [0.1, 0.15) is 0 Å². The lowest BCUT2D eigenvalue weighted by molar-refractivity contribution is 0.116. The molecule has 0 saturated carbocycles. The first-order valence-electron chi connectivity index (χ1n) is 6.31. The second-order valence-electron chi connectivity index (χ2n) is 5.05. The molecule has 1 rings (SSSR count). The molecular weight excluding hydrogens is 214 g/mol. The number of nitrogens with zero attached hydrogens (tertiary/aromatic N) is 2. The van der Waals surface area contributed by atoms with Gasteiger partial charge in [0.15, 0.2) is 0 Å². The van der Waals surface area contributed by atoms with Gasteiger partial charge in [-0.15, -0.1) is 0 Å². The van der Waals surface area contributed by atoms with Crippen molar-refractivity contribution in [1.29, 1.82) is 0 Å². The van der Waals surface area contributed by atoms with Gasteiger partial charge >= 0.3 is 0 Å². The maximum atomic E-state index is 9.68. The quantitative estimate of drug-likeness (QED) is 0.740.